The molecule has 0 fully saturated rings. The number of benzene rings is 3. The van der Waals surface area contributed by atoms with Gasteiger partial charge in [0.1, 0.15) is 0 Å². The van der Waals surface area contributed by atoms with E-state index in [4.69, 9.17) is 0 Å². The Labute approximate surface area is 200 Å². The van der Waals surface area contributed by atoms with Crippen molar-refractivity contribution in [2.45, 2.75) is 96.0 Å². The van der Waals surface area contributed by atoms with E-state index in [1.165, 1.54) is 74.5 Å². The fourth-order valence-electron chi connectivity index (χ4n) is 4.36. The smallest absolute Gasteiger partial charge is 0.0120 e. The number of hydrogen-bond donors (Lipinski definition) is 0. The minimum atomic E-state index is 0.122. The zero-order valence-corrected chi connectivity index (χ0v) is 23.2. The molecule has 1 heteroatoms. The molecule has 0 radical (unpaired) electrons. The number of aryl methyl sites for hydroxylation is 1. The first kappa shape index (κ1) is 25.3. The Morgan fingerprint density at radius 2 is 1.40 bits per heavy atom. The summed E-state index contributed by atoms with van der Waals surface area (Å²) >= 11 is 1.89. The quantitative estimate of drug-likeness (QED) is 0.248. The van der Waals surface area contributed by atoms with Crippen molar-refractivity contribution >= 4 is 21.5 Å². The van der Waals surface area contributed by atoms with Gasteiger partial charge in [0.2, 0.25) is 0 Å². The van der Waals surface area contributed by atoms with Crippen LogP contribution >= 0.6 is 0 Å². The van der Waals surface area contributed by atoms with Gasteiger partial charge in [-0.3, -0.25) is 0 Å². The second-order valence-electron chi connectivity index (χ2n) is 9.76. The van der Waals surface area contributed by atoms with E-state index in [-0.39, 0.29) is 5.41 Å². The van der Waals surface area contributed by atoms with Crippen LogP contribution in [0.1, 0.15) is 96.8 Å². The van der Waals surface area contributed by atoms with E-state index in [1.54, 1.807) is 0 Å². The molecule has 0 saturated carbocycles. The number of hydrogen-bond acceptors (Lipinski definition) is 0. The van der Waals surface area contributed by atoms with Crippen LogP contribution in [0.25, 0.3) is 21.5 Å². The van der Waals surface area contributed by atoms with Crippen molar-refractivity contribution in [2.24, 2.45) is 0 Å². The maximum atomic E-state index is 2.48. The van der Waals surface area contributed by atoms with Crippen LogP contribution in [-0.2, 0) is 11.8 Å². The van der Waals surface area contributed by atoms with Crippen molar-refractivity contribution in [3.05, 3.63) is 59.2 Å². The van der Waals surface area contributed by atoms with Crippen molar-refractivity contribution in [2.75, 3.05) is 0 Å². The SMILES string of the molecule is CCCC[At].CCCCc1ccc2c(C(C)C)c3ccccc3c(C(C)(C)C)c2c1. The fourth-order valence-corrected chi connectivity index (χ4v) is 5.40. The Morgan fingerprint density at radius 3 is 1.90 bits per heavy atom. The number of rotatable bonds is 6. The van der Waals surface area contributed by atoms with Crippen LogP contribution in [0.4, 0.5) is 0 Å². The summed E-state index contributed by atoms with van der Waals surface area (Å²) in [5.41, 5.74) is 4.60. The summed E-state index contributed by atoms with van der Waals surface area (Å²) in [7, 11) is 0. The van der Waals surface area contributed by atoms with Crippen LogP contribution in [0.5, 0.6) is 0 Å². The molecule has 0 N–H and O–H groups in total. The molecule has 164 valence electrons. The van der Waals surface area contributed by atoms with E-state index in [9.17, 15) is 0 Å². The molecule has 30 heavy (non-hydrogen) atoms. The van der Waals surface area contributed by atoms with Crippen LogP contribution in [0.15, 0.2) is 42.5 Å². The van der Waals surface area contributed by atoms with E-state index in [0.717, 1.165) is 0 Å². The normalized spacial score (nSPS) is 11.8. The minimum absolute atomic E-state index is 0.122. The second kappa shape index (κ2) is 11.6. The van der Waals surface area contributed by atoms with Gasteiger partial charge in [0.05, 0.1) is 0 Å². The maximum Gasteiger partial charge on any atom is -0.0120 e. The zero-order valence-electron chi connectivity index (χ0n) is 20.2. The second-order valence-corrected chi connectivity index (χ2v) is 11.2. The summed E-state index contributed by atoms with van der Waals surface area (Å²) in [6.07, 6.45) is 6.47. The van der Waals surface area contributed by atoms with Crippen LogP contribution in [0.2, 0.25) is 4.13 Å². The first-order valence-electron chi connectivity index (χ1n) is 11.8. The van der Waals surface area contributed by atoms with E-state index in [1.807, 2.05) is 24.7 Å². The van der Waals surface area contributed by atoms with Crippen molar-refractivity contribution in [3.63, 3.8) is 0 Å². The average molecular weight is 600 g/mol. The molecule has 0 aliphatic rings. The van der Waals surface area contributed by atoms with Gasteiger partial charge in [-0.05, 0) is 62.4 Å². The van der Waals surface area contributed by atoms with Gasteiger partial charge in [-0.15, -0.1) is 0 Å². The maximum absolute atomic E-state index is 2.48. The standard InChI is InChI=1S/C25H32.C4H9At/c1-7-8-11-18-14-15-20-22(16-18)24(25(4,5)6)21-13-10-9-12-19(21)23(20)17(2)3;1-2-3-4-5/h9-10,12-17H,7-8,11H2,1-6H3;2-4H2,1H3. The Morgan fingerprint density at radius 1 is 0.800 bits per heavy atom. The molecule has 0 atom stereocenters. The average Bonchev–Trinajstić information content (AvgIpc) is 2.70. The van der Waals surface area contributed by atoms with Crippen LogP contribution in [0, 0.1) is 24.7 Å². The zero-order chi connectivity index (χ0) is 22.3. The number of fused-ring (bicyclic) bond motifs is 2. The predicted molar refractivity (Wildman–Crippen MR) is 133 cm³/mol. The van der Waals surface area contributed by atoms with Crippen molar-refractivity contribution in [1.29, 1.82) is 0 Å². The van der Waals surface area contributed by atoms with Crippen LogP contribution < -0.4 is 0 Å². The Balaban J connectivity index is 0.000000575. The van der Waals surface area contributed by atoms with E-state index in [0.29, 0.717) is 5.92 Å². The van der Waals surface area contributed by atoms with E-state index < -0.39 is 0 Å². The Bertz CT molecular complexity index is 942. The molecule has 0 aromatic heterocycles. The molecule has 0 bridgehead atoms. The molecule has 0 heterocycles. The molecule has 0 unspecified atom stereocenters. The van der Waals surface area contributed by atoms with Crippen LogP contribution in [-0.4, -0.2) is 0 Å². The first-order chi connectivity index (χ1) is 14.3. The summed E-state index contributed by atoms with van der Waals surface area (Å²) in [6, 6.07) is 16.2. The topological polar surface area (TPSA) is 0 Å². The summed E-state index contributed by atoms with van der Waals surface area (Å²) in [4.78, 5) is 0. The van der Waals surface area contributed by atoms with Crippen molar-refractivity contribution in [1.82, 2.24) is 0 Å². The molecule has 0 amide bonds. The van der Waals surface area contributed by atoms with Gasteiger partial charge in [-0.25, -0.2) is 0 Å². The summed E-state index contributed by atoms with van der Waals surface area (Å²) in [5, 5.41) is 5.76. The fraction of sp³-hybridized carbons (Fsp3) is 0.517. The molecular formula is C29H41At. The molecule has 0 spiro atoms. The van der Waals surface area contributed by atoms with Gasteiger partial charge in [0.25, 0.3) is 0 Å². The Kier molecular flexibility index (Phi) is 9.81. The van der Waals surface area contributed by atoms with Crippen molar-refractivity contribution < 1.29 is 24.7 Å². The van der Waals surface area contributed by atoms with Gasteiger partial charge in [0.15, 0.2) is 0 Å². The van der Waals surface area contributed by atoms with Gasteiger partial charge in [-0.1, -0.05) is 90.4 Å². The largest absolute Gasteiger partial charge is 0.0654 e. The summed E-state index contributed by atoms with van der Waals surface area (Å²) in [6.45, 7) is 16.2. The molecule has 0 aliphatic heterocycles. The first-order valence-corrected chi connectivity index (χ1v) is 13.9. The Hall–Kier alpha value is -0.937. The molecule has 3 aromatic rings. The summed E-state index contributed by atoms with van der Waals surface area (Å²) in [5.74, 6) is 0.517. The molecule has 0 saturated heterocycles. The predicted octanol–water partition coefficient (Wildman–Crippen LogP) is 9.51. The minimum Gasteiger partial charge on any atom is -0.0654 e. The third-order valence-electron chi connectivity index (χ3n) is 5.76. The van der Waals surface area contributed by atoms with Gasteiger partial charge in [-0.2, -0.15) is 0 Å². The third-order valence-corrected chi connectivity index (χ3v) is 6.80. The van der Waals surface area contributed by atoms with E-state index in [2.05, 4.69) is 90.9 Å². The third kappa shape index (κ3) is 6.06. The molecular weight excluding hydrogens is 558 g/mol. The molecule has 3 aromatic carbocycles. The monoisotopic (exact) mass is 599 g/mol. The molecule has 0 aliphatic carbocycles. The van der Waals surface area contributed by atoms with Gasteiger partial charge in [0, 0.05) is 0 Å². The van der Waals surface area contributed by atoms with Gasteiger partial charge < -0.3 is 0 Å². The van der Waals surface area contributed by atoms with Crippen LogP contribution in [0.3, 0.4) is 0 Å². The molecule has 3 rings (SSSR count). The molecule has 0 nitrogen and oxygen atoms in total. The summed E-state index contributed by atoms with van der Waals surface area (Å²) < 4.78 is 1.40. The van der Waals surface area contributed by atoms with Crippen molar-refractivity contribution in [3.8, 4) is 0 Å². The van der Waals surface area contributed by atoms with E-state index >= 15 is 0 Å². The van der Waals surface area contributed by atoms with Gasteiger partial charge >= 0.3 is 48.6 Å². The number of unbranched alkanes of at least 4 members (excludes halogenated alkanes) is 2.